The first kappa shape index (κ1) is 21.9. The van der Waals surface area contributed by atoms with Gasteiger partial charge in [0.25, 0.3) is 11.5 Å². The lowest BCUT2D eigenvalue weighted by atomic mass is 10.1. The van der Waals surface area contributed by atoms with E-state index < -0.39 is 34.3 Å². The fourth-order valence-corrected chi connectivity index (χ4v) is 4.52. The number of nitrogens with zero attached hydrogens (tertiary/aromatic N) is 1. The Labute approximate surface area is 178 Å². The van der Waals surface area contributed by atoms with Gasteiger partial charge in [-0.15, -0.1) is 23.1 Å². The number of nitrogens with one attached hydrogen (secondary N) is 2. The Balaban J connectivity index is 1.71. The molecule has 2 amide bonds. The number of H-pyrrole nitrogens is 1. The minimum Gasteiger partial charge on any atom is -0.366 e. The molecule has 0 aliphatic heterocycles. The number of thiophene rings is 1. The van der Waals surface area contributed by atoms with Crippen molar-refractivity contribution >= 4 is 50.8 Å². The quantitative estimate of drug-likeness (QED) is 0.531. The minimum absolute atomic E-state index is 0.234. The highest BCUT2D eigenvalue weighted by Gasteiger charge is 2.20. The summed E-state index contributed by atoms with van der Waals surface area (Å²) in [7, 11) is 0. The van der Waals surface area contributed by atoms with Crippen LogP contribution in [0.1, 0.15) is 33.5 Å². The van der Waals surface area contributed by atoms with E-state index in [1.807, 2.05) is 13.8 Å². The predicted molar refractivity (Wildman–Crippen MR) is 114 cm³/mol. The number of aromatic amines is 1. The summed E-state index contributed by atoms with van der Waals surface area (Å²) in [6.45, 7) is 5.37. The van der Waals surface area contributed by atoms with Crippen molar-refractivity contribution in [3.05, 3.63) is 55.9 Å². The number of carbonyl (C=O) groups excluding carboxylic acids is 2. The summed E-state index contributed by atoms with van der Waals surface area (Å²) in [5.74, 6) is -3.11. The highest BCUT2D eigenvalue weighted by Crippen LogP contribution is 2.27. The zero-order chi connectivity index (χ0) is 22.2. The van der Waals surface area contributed by atoms with Crippen molar-refractivity contribution in [2.75, 3.05) is 5.32 Å². The van der Waals surface area contributed by atoms with Gasteiger partial charge >= 0.3 is 0 Å². The Morgan fingerprint density at radius 1 is 1.30 bits per heavy atom. The van der Waals surface area contributed by atoms with E-state index in [2.05, 4.69) is 15.3 Å². The zero-order valence-electron chi connectivity index (χ0n) is 16.3. The molecular weight excluding hydrogens is 434 g/mol. The average Bonchev–Trinajstić information content (AvgIpc) is 2.95. The molecule has 0 radical (unpaired) electrons. The number of halogens is 2. The number of thioether (sulfide) groups is 1. The first-order chi connectivity index (χ1) is 14.1. The Kier molecular flexibility index (Phi) is 6.22. The molecule has 1 unspecified atom stereocenters. The molecule has 11 heteroatoms. The van der Waals surface area contributed by atoms with Crippen LogP contribution in [-0.4, -0.2) is 27.0 Å². The van der Waals surface area contributed by atoms with E-state index in [1.165, 1.54) is 23.1 Å². The summed E-state index contributed by atoms with van der Waals surface area (Å²) in [6, 6.07) is 1.35. The number of amides is 2. The van der Waals surface area contributed by atoms with Crippen LogP contribution in [0.5, 0.6) is 0 Å². The molecule has 1 atom stereocenters. The summed E-state index contributed by atoms with van der Waals surface area (Å²) in [6.07, 6.45) is 0. The van der Waals surface area contributed by atoms with Crippen molar-refractivity contribution < 1.29 is 18.4 Å². The van der Waals surface area contributed by atoms with Crippen LogP contribution in [0.15, 0.2) is 16.9 Å². The number of aryl methyl sites for hydroxylation is 2. The highest BCUT2D eigenvalue weighted by molar-refractivity contribution is 7.99. The molecule has 0 aliphatic rings. The number of nitrogens with two attached hydrogens (primary N) is 1. The second kappa shape index (κ2) is 8.52. The number of anilines is 1. The van der Waals surface area contributed by atoms with Gasteiger partial charge in [-0.05, 0) is 32.4 Å². The van der Waals surface area contributed by atoms with Crippen LogP contribution in [-0.2, 0) is 10.5 Å². The molecule has 2 aromatic heterocycles. The molecule has 3 rings (SSSR count). The van der Waals surface area contributed by atoms with Gasteiger partial charge in [0.1, 0.15) is 22.3 Å². The Morgan fingerprint density at radius 2 is 2.00 bits per heavy atom. The summed E-state index contributed by atoms with van der Waals surface area (Å²) in [5.41, 5.74) is 4.84. The highest BCUT2D eigenvalue weighted by atomic mass is 32.2. The molecule has 2 heterocycles. The van der Waals surface area contributed by atoms with Gasteiger partial charge in [0.2, 0.25) is 5.91 Å². The third-order valence-corrected chi connectivity index (χ3v) is 6.76. The number of primary amides is 1. The maximum Gasteiger partial charge on any atom is 0.259 e. The number of aromatic nitrogens is 2. The van der Waals surface area contributed by atoms with Crippen LogP contribution in [0, 0.1) is 25.5 Å². The zero-order valence-corrected chi connectivity index (χ0v) is 17.9. The molecular formula is C19H18F2N4O3S2. The number of benzene rings is 1. The molecule has 0 bridgehead atoms. The van der Waals surface area contributed by atoms with Gasteiger partial charge in [-0.3, -0.25) is 14.4 Å². The van der Waals surface area contributed by atoms with Gasteiger partial charge in [-0.2, -0.15) is 0 Å². The number of hydrogen-bond donors (Lipinski definition) is 3. The van der Waals surface area contributed by atoms with Crippen molar-refractivity contribution in [1.82, 2.24) is 9.97 Å². The molecule has 0 saturated carbocycles. The molecule has 0 aliphatic carbocycles. The van der Waals surface area contributed by atoms with Gasteiger partial charge in [0.05, 0.1) is 27.6 Å². The molecule has 7 nitrogen and oxygen atoms in total. The van der Waals surface area contributed by atoms with Crippen LogP contribution in [0.3, 0.4) is 0 Å². The van der Waals surface area contributed by atoms with E-state index in [-0.39, 0.29) is 17.0 Å². The van der Waals surface area contributed by atoms with E-state index in [4.69, 9.17) is 5.73 Å². The monoisotopic (exact) mass is 452 g/mol. The number of hydrogen-bond acceptors (Lipinski definition) is 6. The topological polar surface area (TPSA) is 118 Å². The molecule has 0 fully saturated rings. The number of carbonyl (C=O) groups is 2. The second-order valence-electron chi connectivity index (χ2n) is 6.59. The maximum absolute atomic E-state index is 13.9. The lowest BCUT2D eigenvalue weighted by Gasteiger charge is -2.13. The number of fused-ring (bicyclic) bond motifs is 1. The maximum atomic E-state index is 13.9. The van der Waals surface area contributed by atoms with Crippen molar-refractivity contribution in [3.8, 4) is 0 Å². The lowest BCUT2D eigenvalue weighted by molar-refractivity contribution is -0.115. The van der Waals surface area contributed by atoms with Crippen molar-refractivity contribution in [1.29, 1.82) is 0 Å². The summed E-state index contributed by atoms with van der Waals surface area (Å²) in [5, 5.41) is 2.23. The van der Waals surface area contributed by atoms with E-state index in [0.717, 1.165) is 16.5 Å². The van der Waals surface area contributed by atoms with Gasteiger partial charge in [-0.25, -0.2) is 13.8 Å². The van der Waals surface area contributed by atoms with E-state index >= 15 is 0 Å². The summed E-state index contributed by atoms with van der Waals surface area (Å²) >= 11 is 2.60. The summed E-state index contributed by atoms with van der Waals surface area (Å²) < 4.78 is 27.5. The first-order valence-electron chi connectivity index (χ1n) is 8.78. The van der Waals surface area contributed by atoms with Gasteiger partial charge < -0.3 is 16.0 Å². The van der Waals surface area contributed by atoms with Crippen LogP contribution in [0.4, 0.5) is 14.5 Å². The van der Waals surface area contributed by atoms with Crippen LogP contribution in [0.25, 0.3) is 10.2 Å². The molecule has 3 aromatic rings. The molecule has 30 heavy (non-hydrogen) atoms. The smallest absolute Gasteiger partial charge is 0.259 e. The summed E-state index contributed by atoms with van der Waals surface area (Å²) in [4.78, 5) is 44.7. The van der Waals surface area contributed by atoms with E-state index in [0.29, 0.717) is 22.1 Å². The Bertz CT molecular complexity index is 1220. The standard InChI is InChI=1S/C19H18F2N4O3S2/c1-7-8(2)30-19-15(7)18(28)24-14(25-19)6-29-9(3)17(27)23-13-4-10(16(22)26)11(20)5-12(13)21/h4-5,9H,6H2,1-3H3,(H2,22,26)(H,23,27)(H,24,25,28). The van der Waals surface area contributed by atoms with Gasteiger partial charge in [0.15, 0.2) is 0 Å². The van der Waals surface area contributed by atoms with Crippen LogP contribution < -0.4 is 16.6 Å². The largest absolute Gasteiger partial charge is 0.366 e. The van der Waals surface area contributed by atoms with Crippen molar-refractivity contribution in [2.45, 2.75) is 31.8 Å². The van der Waals surface area contributed by atoms with E-state index in [9.17, 15) is 23.2 Å². The van der Waals surface area contributed by atoms with E-state index in [1.54, 1.807) is 6.92 Å². The Morgan fingerprint density at radius 3 is 2.67 bits per heavy atom. The first-order valence-corrected chi connectivity index (χ1v) is 10.6. The molecule has 0 saturated heterocycles. The molecule has 4 N–H and O–H groups in total. The van der Waals surface area contributed by atoms with Crippen molar-refractivity contribution in [2.24, 2.45) is 5.73 Å². The fraction of sp³-hybridized carbons (Fsp3) is 0.263. The minimum atomic E-state index is -1.11. The molecule has 1 aromatic carbocycles. The van der Waals surface area contributed by atoms with Crippen molar-refractivity contribution in [3.63, 3.8) is 0 Å². The SMILES string of the molecule is Cc1sc2nc(CSC(C)C(=O)Nc3cc(C(N)=O)c(F)cc3F)[nH]c(=O)c2c1C. The second-order valence-corrected chi connectivity index (χ2v) is 9.13. The predicted octanol–water partition coefficient (Wildman–Crippen LogP) is 3.24. The average molecular weight is 453 g/mol. The third kappa shape index (κ3) is 4.36. The number of rotatable bonds is 6. The molecule has 158 valence electrons. The van der Waals surface area contributed by atoms with Crippen LogP contribution in [0.2, 0.25) is 0 Å². The van der Waals surface area contributed by atoms with Crippen LogP contribution >= 0.6 is 23.1 Å². The third-order valence-electron chi connectivity index (χ3n) is 4.51. The fourth-order valence-electron chi connectivity index (χ4n) is 2.72. The van der Waals surface area contributed by atoms with Gasteiger partial charge in [0, 0.05) is 10.9 Å². The normalized spacial score (nSPS) is 12.2. The molecule has 0 spiro atoms. The van der Waals surface area contributed by atoms with Gasteiger partial charge in [-0.1, -0.05) is 0 Å². The Hall–Kier alpha value is -2.79. The lowest BCUT2D eigenvalue weighted by Crippen LogP contribution is -2.24.